The Labute approximate surface area is 175 Å². The maximum atomic E-state index is 11.6. The Bertz CT molecular complexity index is 1120. The van der Waals surface area contributed by atoms with Crippen LogP contribution in [0.2, 0.25) is 0 Å². The summed E-state index contributed by atoms with van der Waals surface area (Å²) in [5, 5.41) is 0. The highest BCUT2D eigenvalue weighted by Crippen LogP contribution is 2.52. The molecule has 0 spiro atoms. The van der Waals surface area contributed by atoms with Crippen molar-refractivity contribution in [3.63, 3.8) is 0 Å². The zero-order valence-electron chi connectivity index (χ0n) is 16.0. The van der Waals surface area contributed by atoms with Crippen LogP contribution >= 0.6 is 11.8 Å². The third-order valence-electron chi connectivity index (χ3n) is 5.03. The van der Waals surface area contributed by atoms with Gasteiger partial charge in [0, 0.05) is 16.0 Å². The molecule has 150 valence electrons. The number of rotatable bonds is 6. The highest BCUT2D eigenvalue weighted by atomic mass is 32.2. The van der Waals surface area contributed by atoms with E-state index < -0.39 is 10.1 Å². The van der Waals surface area contributed by atoms with Crippen LogP contribution in [-0.2, 0) is 16.5 Å². The van der Waals surface area contributed by atoms with Gasteiger partial charge in [-0.3, -0.25) is 9.54 Å². The first-order chi connectivity index (χ1) is 14.0. The van der Waals surface area contributed by atoms with Gasteiger partial charge in [-0.05, 0) is 54.8 Å². The van der Waals surface area contributed by atoms with E-state index in [0.717, 1.165) is 33.3 Å². The van der Waals surface area contributed by atoms with Gasteiger partial charge in [0.15, 0.2) is 0 Å². The van der Waals surface area contributed by atoms with E-state index in [9.17, 15) is 13.0 Å². The number of hydrogen-bond donors (Lipinski definition) is 1. The summed E-state index contributed by atoms with van der Waals surface area (Å²) in [7, 11) is -4.09. The van der Waals surface area contributed by atoms with Crippen molar-refractivity contribution < 1.29 is 13.0 Å². The average Bonchev–Trinajstić information content (AvgIpc) is 2.73. The van der Waals surface area contributed by atoms with Crippen LogP contribution < -0.4 is 4.90 Å². The highest BCUT2D eigenvalue weighted by Gasteiger charge is 2.31. The fourth-order valence-electron chi connectivity index (χ4n) is 3.63. The fraction of sp³-hybridized carbons (Fsp3) is 0.227. The Hall–Kier alpha value is -2.35. The first kappa shape index (κ1) is 19.9. The van der Waals surface area contributed by atoms with Crippen LogP contribution in [0, 0.1) is 0 Å². The number of aryl methyl sites for hydroxylation is 1. The molecule has 1 N–H and O–H groups in total. The van der Waals surface area contributed by atoms with Crippen molar-refractivity contribution in [3.8, 4) is 0 Å². The molecule has 1 aromatic heterocycles. The summed E-state index contributed by atoms with van der Waals surface area (Å²) < 4.78 is 32.5. The maximum absolute atomic E-state index is 11.6. The van der Waals surface area contributed by atoms with Gasteiger partial charge in [0.25, 0.3) is 10.1 Å². The molecule has 4 rings (SSSR count). The minimum absolute atomic E-state index is 0.227. The first-order valence-electron chi connectivity index (χ1n) is 9.51. The number of para-hydroxylation sites is 1. The van der Waals surface area contributed by atoms with Gasteiger partial charge in [-0.2, -0.15) is 8.42 Å². The van der Waals surface area contributed by atoms with Crippen LogP contribution in [0.4, 0.5) is 11.4 Å². The molecule has 2 aromatic carbocycles. The largest absolute Gasteiger partial charge is 0.330 e. The lowest BCUT2D eigenvalue weighted by Gasteiger charge is -2.38. The summed E-state index contributed by atoms with van der Waals surface area (Å²) in [6, 6.07) is 19.8. The van der Waals surface area contributed by atoms with E-state index in [1.54, 1.807) is 18.0 Å². The molecule has 0 aliphatic carbocycles. The number of anilines is 2. The van der Waals surface area contributed by atoms with Crippen LogP contribution in [0.1, 0.15) is 30.6 Å². The summed E-state index contributed by atoms with van der Waals surface area (Å²) in [5.74, 6) is -0.331. The lowest BCUT2D eigenvalue weighted by molar-refractivity contribution is 0.476. The van der Waals surface area contributed by atoms with Crippen molar-refractivity contribution in [2.45, 2.75) is 35.6 Å². The van der Waals surface area contributed by atoms with Crippen molar-refractivity contribution in [1.82, 2.24) is 4.98 Å². The van der Waals surface area contributed by atoms with E-state index in [1.807, 2.05) is 36.4 Å². The molecule has 1 aliphatic heterocycles. The summed E-state index contributed by atoms with van der Waals surface area (Å²) in [5.41, 5.74) is 4.04. The number of nitrogens with zero attached hydrogens (tertiary/aromatic N) is 2. The zero-order valence-corrected chi connectivity index (χ0v) is 17.7. The molecule has 3 aromatic rings. The van der Waals surface area contributed by atoms with Crippen LogP contribution in [0.15, 0.2) is 76.7 Å². The third kappa shape index (κ3) is 4.32. The van der Waals surface area contributed by atoms with E-state index in [1.165, 1.54) is 5.56 Å². The van der Waals surface area contributed by atoms with Gasteiger partial charge < -0.3 is 4.90 Å². The van der Waals surface area contributed by atoms with Gasteiger partial charge in [-0.1, -0.05) is 43.0 Å². The molecule has 1 aliphatic rings. The molecule has 1 atom stereocenters. The minimum Gasteiger partial charge on any atom is -0.330 e. The molecular formula is C22H22N2O3S2. The molecule has 0 amide bonds. The van der Waals surface area contributed by atoms with E-state index in [-0.39, 0.29) is 18.2 Å². The molecule has 0 radical (unpaired) electrons. The molecule has 0 saturated heterocycles. The van der Waals surface area contributed by atoms with Crippen LogP contribution in [0.25, 0.3) is 0 Å². The second kappa shape index (κ2) is 8.18. The van der Waals surface area contributed by atoms with Crippen LogP contribution in [0.3, 0.4) is 0 Å². The molecular weight excluding hydrogens is 404 g/mol. The predicted octanol–water partition coefficient (Wildman–Crippen LogP) is 5.27. The Morgan fingerprint density at radius 2 is 1.79 bits per heavy atom. The van der Waals surface area contributed by atoms with Gasteiger partial charge in [-0.25, -0.2) is 0 Å². The predicted molar refractivity (Wildman–Crippen MR) is 117 cm³/mol. The molecule has 0 bridgehead atoms. The number of hydrogen-bond acceptors (Lipinski definition) is 5. The smallest absolute Gasteiger partial charge is 0.264 e. The molecule has 7 heteroatoms. The first-order valence-corrected chi connectivity index (χ1v) is 11.9. The van der Waals surface area contributed by atoms with Gasteiger partial charge in [0.05, 0.1) is 28.9 Å². The molecule has 0 fully saturated rings. The highest BCUT2D eigenvalue weighted by molar-refractivity contribution is 7.99. The van der Waals surface area contributed by atoms with Crippen molar-refractivity contribution >= 4 is 33.3 Å². The third-order valence-corrected chi connectivity index (χ3v) is 6.91. The summed E-state index contributed by atoms with van der Waals surface area (Å²) in [6.45, 7) is 2.12. The molecule has 5 nitrogen and oxygen atoms in total. The van der Waals surface area contributed by atoms with E-state index in [4.69, 9.17) is 0 Å². The molecule has 2 heterocycles. The van der Waals surface area contributed by atoms with Gasteiger partial charge >= 0.3 is 0 Å². The van der Waals surface area contributed by atoms with E-state index in [0.29, 0.717) is 0 Å². The van der Waals surface area contributed by atoms with Crippen molar-refractivity contribution in [2.75, 3.05) is 10.7 Å². The summed E-state index contributed by atoms with van der Waals surface area (Å²) in [4.78, 5) is 8.92. The minimum atomic E-state index is -4.09. The zero-order chi connectivity index (χ0) is 20.4. The van der Waals surface area contributed by atoms with Gasteiger partial charge in [-0.15, -0.1) is 0 Å². The number of aromatic nitrogens is 1. The van der Waals surface area contributed by atoms with Crippen molar-refractivity contribution in [1.29, 1.82) is 0 Å². The lowest BCUT2D eigenvalue weighted by Crippen LogP contribution is -2.29. The molecule has 29 heavy (non-hydrogen) atoms. The van der Waals surface area contributed by atoms with Gasteiger partial charge in [0.2, 0.25) is 0 Å². The second-order valence-corrected chi connectivity index (χ2v) is 9.60. The Morgan fingerprint density at radius 3 is 2.52 bits per heavy atom. The number of pyridine rings is 1. The van der Waals surface area contributed by atoms with Crippen LogP contribution in [0.5, 0.6) is 0 Å². The van der Waals surface area contributed by atoms with Crippen molar-refractivity contribution in [3.05, 3.63) is 78.1 Å². The SMILES string of the molecule is CCc1ccc2c(c1)N(C(CCS(=O)(=O)O)c1ccccn1)c1ccccc1S2. The second-order valence-electron chi connectivity index (χ2n) is 6.94. The maximum Gasteiger partial charge on any atom is 0.264 e. The monoisotopic (exact) mass is 426 g/mol. The number of benzene rings is 2. The lowest BCUT2D eigenvalue weighted by atomic mass is 10.0. The molecule has 1 unspecified atom stereocenters. The van der Waals surface area contributed by atoms with E-state index in [2.05, 4.69) is 41.1 Å². The summed E-state index contributed by atoms with van der Waals surface area (Å²) in [6.07, 6.45) is 2.85. The quantitative estimate of drug-likeness (QED) is 0.542. The average molecular weight is 427 g/mol. The fourth-order valence-corrected chi connectivity index (χ4v) is 5.20. The Morgan fingerprint density at radius 1 is 1.03 bits per heavy atom. The van der Waals surface area contributed by atoms with Crippen molar-refractivity contribution in [2.24, 2.45) is 0 Å². The number of fused-ring (bicyclic) bond motifs is 2. The van der Waals surface area contributed by atoms with Gasteiger partial charge in [0.1, 0.15) is 0 Å². The van der Waals surface area contributed by atoms with Crippen LogP contribution in [-0.4, -0.2) is 23.7 Å². The van der Waals surface area contributed by atoms with E-state index >= 15 is 0 Å². The molecule has 0 saturated carbocycles. The Balaban J connectivity index is 1.89. The standard InChI is InChI=1S/C22H22N2O3S2/c1-2-16-10-11-22-20(15-16)24(19-8-3-4-9-21(19)28-22)18(12-14-29(25,26)27)17-7-5-6-13-23-17/h3-11,13,15,18H,2,12,14H2,1H3,(H,25,26,27). The Kier molecular flexibility index (Phi) is 5.63. The summed E-state index contributed by atoms with van der Waals surface area (Å²) >= 11 is 1.71. The topological polar surface area (TPSA) is 70.5 Å². The normalized spacial score (nSPS) is 14.2.